The van der Waals surface area contributed by atoms with Crippen LogP contribution in [-0.4, -0.2) is 178 Å². The van der Waals surface area contributed by atoms with Crippen LogP contribution < -0.4 is 26.6 Å². The average Bonchev–Trinajstić information content (AvgIpc) is 3.36. The van der Waals surface area contributed by atoms with E-state index in [1.165, 1.54) is 21.1 Å². The molecule has 0 radical (unpaired) electrons. The number of nitrogens with zero attached hydrogens (tertiary/aromatic N) is 2. The van der Waals surface area contributed by atoms with Crippen LogP contribution in [0.15, 0.2) is 60.7 Å². The van der Waals surface area contributed by atoms with Gasteiger partial charge in [-0.2, -0.15) is 11.8 Å². The van der Waals surface area contributed by atoms with E-state index < -0.39 is 115 Å². The minimum atomic E-state index is -1.61. The van der Waals surface area contributed by atoms with Gasteiger partial charge >= 0.3 is 29.9 Å². The maximum Gasteiger partial charge on any atom is 0.327 e. The molecule has 0 aliphatic heterocycles. The molecule has 406 valence electrons. The van der Waals surface area contributed by atoms with E-state index in [0.717, 1.165) is 21.6 Å². The maximum absolute atomic E-state index is 14.2. The zero-order valence-electron chi connectivity index (χ0n) is 41.7. The number of urea groups is 1. The second-order valence-electron chi connectivity index (χ2n) is 17.2. The lowest BCUT2D eigenvalue weighted by molar-refractivity contribution is -0.154. The fraction of sp³-hybridized carbons (Fsp3) is 0.510. The largest absolute Gasteiger partial charge is 0.481 e. The van der Waals surface area contributed by atoms with E-state index in [1.807, 2.05) is 0 Å². The maximum atomic E-state index is 14.2. The summed E-state index contributed by atoms with van der Waals surface area (Å²) in [5.74, 6) is -10.2. The Labute approximate surface area is 432 Å². The van der Waals surface area contributed by atoms with Gasteiger partial charge in [-0.15, -0.1) is 0 Å². The van der Waals surface area contributed by atoms with E-state index in [0.29, 0.717) is 11.1 Å². The van der Waals surface area contributed by atoms with Crippen molar-refractivity contribution in [1.82, 2.24) is 36.4 Å². The summed E-state index contributed by atoms with van der Waals surface area (Å²) in [5, 5.41) is 50.4. The first kappa shape index (κ1) is 62.7. The molecule has 2 aromatic carbocycles. The fourth-order valence-corrected chi connectivity index (χ4v) is 8.23. The van der Waals surface area contributed by atoms with Crippen molar-refractivity contribution in [2.24, 2.45) is 5.92 Å². The number of benzene rings is 2. The Morgan fingerprint density at radius 3 is 1.78 bits per heavy atom. The SMILES string of the molecule is CN[C@@H](CNC(=O)[C@@H](CC(=O)[C@H](Cc1ccccc1)NC(=O)CCCCC(=O)CC[C@H](NC(=O)N[C@@H](CCC(=O)O)OC=O)C(=O)O)Cc1ccccc1)C(=O)N(C)C(CC(=O)O)C(=O)N(C)[C@@H](CSC)C(=O)O. The van der Waals surface area contributed by atoms with Crippen LogP contribution in [0, 0.1) is 5.92 Å². The zero-order chi connectivity index (χ0) is 55.3. The number of rotatable bonds is 37. The number of nitrogens with one attached hydrogen (secondary N) is 5. The van der Waals surface area contributed by atoms with Crippen molar-refractivity contribution in [2.75, 3.05) is 39.7 Å². The highest BCUT2D eigenvalue weighted by Gasteiger charge is 2.38. The Kier molecular flexibility index (Phi) is 28.3. The molecule has 0 bridgehead atoms. The van der Waals surface area contributed by atoms with Gasteiger partial charge in [-0.25, -0.2) is 14.4 Å². The number of unbranched alkanes of at least 4 members (excludes halogenated alkanes) is 1. The number of carboxylic acids is 4. The molecule has 1 unspecified atom stereocenters. The highest BCUT2D eigenvalue weighted by Crippen LogP contribution is 2.18. The number of carboxylic acid groups (broad SMARTS) is 4. The quantitative estimate of drug-likeness (QED) is 0.0257. The Morgan fingerprint density at radius 1 is 0.649 bits per heavy atom. The van der Waals surface area contributed by atoms with Crippen molar-refractivity contribution >= 4 is 83.3 Å². The van der Waals surface area contributed by atoms with Crippen LogP contribution in [0.4, 0.5) is 4.79 Å². The number of carbonyl (C=O) groups is 12. The molecule has 0 heterocycles. The molecule has 0 aromatic heterocycles. The number of aliphatic carboxylic acids is 4. The summed E-state index contributed by atoms with van der Waals surface area (Å²) in [6.07, 6.45) is -1.83. The normalized spacial score (nSPS) is 13.7. The van der Waals surface area contributed by atoms with Gasteiger partial charge in [0.25, 0.3) is 6.47 Å². The molecule has 2 rings (SSSR count). The molecule has 0 saturated heterocycles. The van der Waals surface area contributed by atoms with Gasteiger partial charge in [-0.05, 0) is 56.5 Å². The topological polar surface area (TPSA) is 362 Å². The predicted octanol–water partition coefficient (Wildman–Crippen LogP) is 0.839. The van der Waals surface area contributed by atoms with E-state index in [-0.39, 0.29) is 88.8 Å². The number of ketones is 2. The molecule has 24 nitrogen and oxygen atoms in total. The number of hydrogen-bond acceptors (Lipinski definition) is 15. The third-order valence-electron chi connectivity index (χ3n) is 11.7. The lowest BCUT2D eigenvalue weighted by Gasteiger charge is -2.34. The number of thioether (sulfide) groups is 1. The third kappa shape index (κ3) is 23.0. The van der Waals surface area contributed by atoms with Crippen molar-refractivity contribution in [3.63, 3.8) is 0 Å². The number of likely N-dealkylation sites (N-methyl/N-ethyl adjacent to an activating group) is 3. The molecule has 2 aromatic rings. The Hall–Kier alpha value is -7.41. The van der Waals surface area contributed by atoms with E-state index in [2.05, 4.69) is 31.3 Å². The smallest absolute Gasteiger partial charge is 0.327 e. The van der Waals surface area contributed by atoms with Crippen LogP contribution in [0.5, 0.6) is 0 Å². The summed E-state index contributed by atoms with van der Waals surface area (Å²) in [7, 11) is 3.81. The van der Waals surface area contributed by atoms with E-state index in [1.54, 1.807) is 66.9 Å². The molecule has 6 amide bonds. The monoisotopic (exact) mass is 1060 g/mol. The number of carbonyl (C=O) groups excluding carboxylic acids is 8. The molecular weight excluding hydrogens is 991 g/mol. The van der Waals surface area contributed by atoms with Gasteiger partial charge < -0.3 is 61.5 Å². The van der Waals surface area contributed by atoms with Crippen molar-refractivity contribution in [3.05, 3.63) is 71.8 Å². The molecule has 0 aliphatic carbocycles. The number of Topliss-reactive ketones (excluding diaryl/α,β-unsaturated/α-hetero) is 2. The second-order valence-corrected chi connectivity index (χ2v) is 18.1. The Balaban J connectivity index is 2.16. The minimum absolute atomic E-state index is 0.00386. The van der Waals surface area contributed by atoms with E-state index in [4.69, 9.17) is 5.11 Å². The van der Waals surface area contributed by atoms with Crippen molar-refractivity contribution in [1.29, 1.82) is 0 Å². The van der Waals surface area contributed by atoms with Crippen LogP contribution in [0.2, 0.25) is 0 Å². The standard InChI is InChI=1S/C49H67N7O17S/c1-50-36(45(66)55(2)37(26-43(63)64)46(67)56(3)38(28-74-4)48(70)71)27-51-44(65)32(23-30-13-7-5-8-14-30)25-39(59)35(24-31-15-9-6-10-16-31)52-40(60)18-12-11-17-33(58)19-20-34(47(68)69)53-49(72)54-41(73-29-57)21-22-42(61)62/h5-10,13-16,29,32,34-38,41,50H,11-12,17-28H2,1-4H3,(H,51,65)(H,52,60)(H,61,62)(H,63,64)(H,68,69)(H,70,71)(H2,53,54,72)/t32-,34+,35+,36+,37?,38+,41-/m1/s1. The molecule has 74 heavy (non-hydrogen) atoms. The first-order chi connectivity index (χ1) is 35.1. The molecule has 9 N–H and O–H groups in total. The third-order valence-corrected chi connectivity index (χ3v) is 12.4. The van der Waals surface area contributed by atoms with Gasteiger partial charge in [-0.3, -0.25) is 43.2 Å². The van der Waals surface area contributed by atoms with Crippen molar-refractivity contribution in [3.8, 4) is 0 Å². The van der Waals surface area contributed by atoms with Crippen LogP contribution >= 0.6 is 11.8 Å². The van der Waals surface area contributed by atoms with Gasteiger partial charge in [0.05, 0.1) is 18.9 Å². The highest BCUT2D eigenvalue weighted by atomic mass is 32.2. The summed E-state index contributed by atoms with van der Waals surface area (Å²) < 4.78 is 4.62. The molecule has 7 atom stereocenters. The lowest BCUT2D eigenvalue weighted by Crippen LogP contribution is -2.58. The van der Waals surface area contributed by atoms with Gasteiger partial charge in [-0.1, -0.05) is 60.7 Å². The van der Waals surface area contributed by atoms with Gasteiger partial charge in [0, 0.05) is 64.4 Å². The zero-order valence-corrected chi connectivity index (χ0v) is 42.5. The number of hydrogen-bond donors (Lipinski definition) is 9. The van der Waals surface area contributed by atoms with Crippen molar-refractivity contribution < 1.29 is 82.7 Å². The van der Waals surface area contributed by atoms with Gasteiger partial charge in [0.1, 0.15) is 30.0 Å². The second kappa shape index (κ2) is 33.3. The van der Waals surface area contributed by atoms with Crippen LogP contribution in [-0.2, 0) is 70.3 Å². The molecular formula is C49H67N7O17S. The number of ether oxygens (including phenoxy) is 1. The summed E-state index contributed by atoms with van der Waals surface area (Å²) in [6.45, 7) is -0.379. The minimum Gasteiger partial charge on any atom is -0.481 e. The lowest BCUT2D eigenvalue weighted by atomic mass is 9.89. The van der Waals surface area contributed by atoms with Crippen LogP contribution in [0.3, 0.4) is 0 Å². The Bertz CT molecular complexity index is 2240. The first-order valence-corrected chi connectivity index (χ1v) is 25.0. The summed E-state index contributed by atoms with van der Waals surface area (Å²) in [6, 6.07) is 9.76. The molecule has 0 aliphatic rings. The summed E-state index contributed by atoms with van der Waals surface area (Å²) in [5.41, 5.74) is 1.40. The summed E-state index contributed by atoms with van der Waals surface area (Å²) >= 11 is 1.15. The molecule has 0 spiro atoms. The molecule has 0 saturated carbocycles. The average molecular weight is 1060 g/mol. The van der Waals surface area contributed by atoms with E-state index >= 15 is 0 Å². The van der Waals surface area contributed by atoms with Crippen molar-refractivity contribution in [2.45, 2.75) is 113 Å². The van der Waals surface area contributed by atoms with Gasteiger partial charge in [0.2, 0.25) is 23.6 Å². The van der Waals surface area contributed by atoms with E-state index in [9.17, 15) is 72.9 Å². The summed E-state index contributed by atoms with van der Waals surface area (Å²) in [4.78, 5) is 153. The van der Waals surface area contributed by atoms with Crippen LogP contribution in [0.1, 0.15) is 75.3 Å². The predicted molar refractivity (Wildman–Crippen MR) is 266 cm³/mol. The number of amides is 6. The molecule has 25 heteroatoms. The molecule has 0 fully saturated rings. The van der Waals surface area contributed by atoms with Gasteiger partial charge in [0.15, 0.2) is 12.0 Å². The Morgan fingerprint density at radius 2 is 1.24 bits per heavy atom. The van der Waals surface area contributed by atoms with Crippen LogP contribution in [0.25, 0.3) is 0 Å². The first-order valence-electron chi connectivity index (χ1n) is 23.6. The fourth-order valence-electron chi connectivity index (χ4n) is 7.55. The highest BCUT2D eigenvalue weighted by molar-refractivity contribution is 7.98.